The van der Waals surface area contributed by atoms with Crippen LogP contribution in [0.2, 0.25) is 0 Å². The number of fused-ring (bicyclic) bond motifs is 2. The highest BCUT2D eigenvalue weighted by atomic mass is 16.5. The summed E-state index contributed by atoms with van der Waals surface area (Å²) in [6, 6.07) is 12.9. The van der Waals surface area contributed by atoms with Gasteiger partial charge in [0.05, 0.1) is 18.4 Å². The van der Waals surface area contributed by atoms with Crippen LogP contribution in [0.3, 0.4) is 0 Å². The van der Waals surface area contributed by atoms with Gasteiger partial charge in [-0.25, -0.2) is 5.43 Å². The Bertz CT molecular complexity index is 1620. The van der Waals surface area contributed by atoms with Crippen LogP contribution in [0.4, 0.5) is 0 Å². The Morgan fingerprint density at radius 2 is 1.80 bits per heavy atom. The molecule has 3 amide bonds. The van der Waals surface area contributed by atoms with Gasteiger partial charge in [0.2, 0.25) is 5.91 Å². The van der Waals surface area contributed by atoms with Crippen LogP contribution < -0.4 is 21.0 Å². The van der Waals surface area contributed by atoms with Crippen LogP contribution in [0, 0.1) is 20.8 Å². The third kappa shape index (κ3) is 5.75. The highest BCUT2D eigenvalue weighted by Crippen LogP contribution is 2.30. The molecule has 4 aromatic rings. The van der Waals surface area contributed by atoms with Crippen LogP contribution in [-0.2, 0) is 22.4 Å². The van der Waals surface area contributed by atoms with Gasteiger partial charge in [0.25, 0.3) is 5.91 Å². The van der Waals surface area contributed by atoms with Gasteiger partial charge >= 0.3 is 5.91 Å². The van der Waals surface area contributed by atoms with Gasteiger partial charge in [-0.1, -0.05) is 24.3 Å². The van der Waals surface area contributed by atoms with E-state index in [2.05, 4.69) is 27.4 Å². The molecule has 0 fully saturated rings. The molecule has 10 nitrogen and oxygen atoms in total. The lowest BCUT2D eigenvalue weighted by molar-refractivity contribution is -0.124. The number of nitrogens with zero attached hydrogens (tertiary/aromatic N) is 1. The molecule has 1 aliphatic carbocycles. The predicted molar refractivity (Wildman–Crippen MR) is 148 cm³/mol. The number of hydrazone groups is 1. The van der Waals surface area contributed by atoms with E-state index in [9.17, 15) is 14.4 Å². The second kappa shape index (κ2) is 11.5. The quantitative estimate of drug-likeness (QED) is 0.300. The molecule has 1 aliphatic rings. The van der Waals surface area contributed by atoms with Crippen LogP contribution in [0.15, 0.2) is 62.7 Å². The molecule has 10 heteroatoms. The molecule has 0 saturated heterocycles. The third-order valence-corrected chi connectivity index (χ3v) is 6.72. The minimum atomic E-state index is -0.596. The summed E-state index contributed by atoms with van der Waals surface area (Å²) in [7, 11) is 0. The van der Waals surface area contributed by atoms with Crippen LogP contribution in [-0.4, -0.2) is 30.0 Å². The lowest BCUT2D eigenvalue weighted by Crippen LogP contribution is -2.43. The van der Waals surface area contributed by atoms with Gasteiger partial charge in [0.15, 0.2) is 12.4 Å². The average molecular weight is 543 g/mol. The number of rotatable bonds is 7. The van der Waals surface area contributed by atoms with Crippen LogP contribution >= 0.6 is 0 Å². The number of hydrogen-bond acceptors (Lipinski definition) is 7. The van der Waals surface area contributed by atoms with E-state index in [-0.39, 0.29) is 24.7 Å². The standard InChI is InChI=1S/C30H30N4O6/c1-17-12-18(2)27-20(15-39-24(27)13-17)14-25(35)32-31-22-10-7-11-23-28(22)19(3)29(40-23)30(37)34-33-26(36)16-38-21-8-5-4-6-9-21/h4-6,8-9,12-13,15H,7,10-11,14,16H2,1-3H3,(H,32,35)(H,33,36)(H,34,37)/b31-22+. The molecule has 0 unspecified atom stereocenters. The van der Waals surface area contributed by atoms with Crippen LogP contribution in [0.25, 0.3) is 11.0 Å². The number of para-hydroxylation sites is 1. The van der Waals surface area contributed by atoms with Crippen molar-refractivity contribution < 1.29 is 28.0 Å². The summed E-state index contributed by atoms with van der Waals surface area (Å²) in [5.74, 6) is -0.159. The zero-order valence-electron chi connectivity index (χ0n) is 22.6. The second-order valence-electron chi connectivity index (χ2n) is 9.80. The number of ether oxygens (including phenoxy) is 1. The van der Waals surface area contributed by atoms with Crippen molar-refractivity contribution in [3.05, 3.63) is 88.1 Å². The first-order chi connectivity index (χ1) is 19.3. The fourth-order valence-corrected chi connectivity index (χ4v) is 4.98. The molecule has 2 heterocycles. The number of carbonyl (C=O) groups excluding carboxylic acids is 3. The molecule has 0 saturated carbocycles. The summed E-state index contributed by atoms with van der Waals surface area (Å²) in [4.78, 5) is 37.7. The van der Waals surface area contributed by atoms with E-state index in [1.165, 1.54) is 0 Å². The molecular formula is C30H30N4O6. The number of benzene rings is 2. The molecular weight excluding hydrogens is 512 g/mol. The maximum atomic E-state index is 12.8. The van der Waals surface area contributed by atoms with Crippen molar-refractivity contribution in [3.63, 3.8) is 0 Å². The van der Waals surface area contributed by atoms with E-state index >= 15 is 0 Å². The Labute approximate surface area is 230 Å². The minimum absolute atomic E-state index is 0.0749. The van der Waals surface area contributed by atoms with Gasteiger partial charge in [0.1, 0.15) is 17.1 Å². The van der Waals surface area contributed by atoms with Gasteiger partial charge in [-0.3, -0.25) is 25.2 Å². The molecule has 2 aromatic heterocycles. The first kappa shape index (κ1) is 26.7. The molecule has 0 radical (unpaired) electrons. The zero-order valence-corrected chi connectivity index (χ0v) is 22.6. The summed E-state index contributed by atoms with van der Waals surface area (Å²) in [6.07, 6.45) is 3.74. The van der Waals surface area contributed by atoms with Crippen LogP contribution in [0.5, 0.6) is 5.75 Å². The first-order valence-corrected chi connectivity index (χ1v) is 13.0. The number of hydrazine groups is 1. The van der Waals surface area contributed by atoms with Gasteiger partial charge in [-0.05, 0) is 62.9 Å². The van der Waals surface area contributed by atoms with Gasteiger partial charge in [0, 0.05) is 28.5 Å². The zero-order chi connectivity index (χ0) is 28.2. The van der Waals surface area contributed by atoms with E-state index in [4.69, 9.17) is 13.6 Å². The summed E-state index contributed by atoms with van der Waals surface area (Å²) < 4.78 is 16.9. The fourth-order valence-electron chi connectivity index (χ4n) is 4.98. The van der Waals surface area contributed by atoms with E-state index in [0.29, 0.717) is 41.2 Å². The number of carbonyl (C=O) groups is 3. The maximum Gasteiger partial charge on any atom is 0.305 e. The largest absolute Gasteiger partial charge is 0.484 e. The van der Waals surface area contributed by atoms with Crippen molar-refractivity contribution in [2.45, 2.75) is 46.5 Å². The monoisotopic (exact) mass is 542 g/mol. The number of aryl methyl sites for hydroxylation is 3. The minimum Gasteiger partial charge on any atom is -0.484 e. The van der Waals surface area contributed by atoms with E-state index in [1.54, 1.807) is 37.5 Å². The van der Waals surface area contributed by atoms with E-state index in [1.807, 2.05) is 26.0 Å². The molecule has 3 N–H and O–H groups in total. The Morgan fingerprint density at radius 3 is 2.60 bits per heavy atom. The lowest BCUT2D eigenvalue weighted by Gasteiger charge is -2.13. The Balaban J connectivity index is 1.22. The SMILES string of the molecule is Cc1cc(C)c2c(CC(=O)N/N=C3\CCCc4oc(C(=O)NNC(=O)COc5ccccc5)c(C)c43)coc2c1. The summed E-state index contributed by atoms with van der Waals surface area (Å²) in [6.45, 7) is 5.49. The number of nitrogens with one attached hydrogen (secondary N) is 3. The first-order valence-electron chi connectivity index (χ1n) is 13.0. The summed E-state index contributed by atoms with van der Waals surface area (Å²) >= 11 is 0. The van der Waals surface area contributed by atoms with Crippen molar-refractivity contribution in [3.8, 4) is 5.75 Å². The number of amides is 3. The van der Waals surface area contributed by atoms with Crippen LogP contribution in [0.1, 0.15) is 57.0 Å². The molecule has 0 atom stereocenters. The Kier molecular flexibility index (Phi) is 7.68. The molecule has 2 aromatic carbocycles. The Hall–Kier alpha value is -4.86. The molecule has 40 heavy (non-hydrogen) atoms. The molecule has 206 valence electrons. The van der Waals surface area contributed by atoms with E-state index in [0.717, 1.165) is 34.1 Å². The number of furan rings is 2. The van der Waals surface area contributed by atoms with Crippen molar-refractivity contribution in [1.29, 1.82) is 0 Å². The highest BCUT2D eigenvalue weighted by molar-refractivity contribution is 6.07. The molecule has 5 rings (SSSR count). The Morgan fingerprint density at radius 1 is 1.00 bits per heavy atom. The smallest absolute Gasteiger partial charge is 0.305 e. The maximum absolute atomic E-state index is 12.8. The molecule has 0 spiro atoms. The second-order valence-corrected chi connectivity index (χ2v) is 9.80. The van der Waals surface area contributed by atoms with Crippen molar-refractivity contribution in [2.75, 3.05) is 6.61 Å². The fraction of sp³-hybridized carbons (Fsp3) is 0.267. The third-order valence-electron chi connectivity index (χ3n) is 6.72. The lowest BCUT2D eigenvalue weighted by atomic mass is 9.93. The highest BCUT2D eigenvalue weighted by Gasteiger charge is 2.28. The predicted octanol–water partition coefficient (Wildman–Crippen LogP) is 4.19. The van der Waals surface area contributed by atoms with Gasteiger partial charge in [-0.2, -0.15) is 5.10 Å². The number of hydrogen-bond donors (Lipinski definition) is 3. The van der Waals surface area contributed by atoms with Crippen molar-refractivity contribution >= 4 is 34.4 Å². The summed E-state index contributed by atoms with van der Waals surface area (Å²) in [5, 5.41) is 5.33. The van der Waals surface area contributed by atoms with Crippen molar-refractivity contribution in [1.82, 2.24) is 16.3 Å². The van der Waals surface area contributed by atoms with E-state index < -0.39 is 11.8 Å². The summed E-state index contributed by atoms with van der Waals surface area (Å²) in [5.41, 5.74) is 13.0. The van der Waals surface area contributed by atoms with Crippen molar-refractivity contribution in [2.24, 2.45) is 5.10 Å². The van der Waals surface area contributed by atoms with Gasteiger partial charge in [-0.15, -0.1) is 0 Å². The molecule has 0 bridgehead atoms. The normalized spacial score (nSPS) is 13.6. The topological polar surface area (TPSA) is 135 Å². The average Bonchev–Trinajstić information content (AvgIpc) is 3.50. The van der Waals surface area contributed by atoms with Gasteiger partial charge < -0.3 is 13.6 Å². The molecule has 0 aliphatic heterocycles.